The Bertz CT molecular complexity index is 503. The minimum Gasteiger partial charge on any atom is -0.857 e. The number of aliphatic hydroxyl groups is 1. The van der Waals surface area contributed by atoms with Crippen LogP contribution in [0.2, 0.25) is 0 Å². The molecule has 0 bridgehead atoms. The van der Waals surface area contributed by atoms with Crippen LogP contribution in [0.4, 0.5) is 5.95 Å². The number of ether oxygens (including phenoxy) is 1. The maximum Gasteiger partial charge on any atom is 1.00 e. The first-order valence-corrected chi connectivity index (χ1v) is 4.56. The number of nitrogens with two attached hydrogens (primary N) is 1. The summed E-state index contributed by atoms with van der Waals surface area (Å²) in [5.41, 5.74) is 5.85. The summed E-state index contributed by atoms with van der Waals surface area (Å²) in [6.07, 6.45) is 1.41. The van der Waals surface area contributed by atoms with Crippen LogP contribution in [0.5, 0.6) is 5.88 Å². The molecule has 0 unspecified atom stereocenters. The maximum absolute atomic E-state index is 11.4. The maximum atomic E-state index is 11.4. The van der Waals surface area contributed by atoms with E-state index in [1.165, 1.54) is 10.9 Å². The number of imidazole rings is 1. The van der Waals surface area contributed by atoms with Gasteiger partial charge in [0.15, 0.2) is 5.65 Å². The van der Waals surface area contributed by atoms with E-state index in [4.69, 9.17) is 15.6 Å². The van der Waals surface area contributed by atoms with E-state index in [1.54, 1.807) is 0 Å². The number of aliphatic hydroxyl groups excluding tert-OH is 1. The average Bonchev–Trinajstić information content (AvgIpc) is 2.62. The number of hydrogen-bond donors (Lipinski definition) is 2. The van der Waals surface area contributed by atoms with Gasteiger partial charge < -0.3 is 20.7 Å². The summed E-state index contributed by atoms with van der Waals surface area (Å²) in [7, 11) is 0. The third-order valence-electron chi connectivity index (χ3n) is 1.92. The summed E-state index contributed by atoms with van der Waals surface area (Å²) in [5, 5.41) is 19.9. The van der Waals surface area contributed by atoms with E-state index in [0.29, 0.717) is 5.65 Å². The van der Waals surface area contributed by atoms with Crippen LogP contribution in [0.15, 0.2) is 6.33 Å². The minimum absolute atomic E-state index is 0. The summed E-state index contributed by atoms with van der Waals surface area (Å²) in [5.74, 6) is -0.607. The van der Waals surface area contributed by atoms with Crippen molar-refractivity contribution in [3.8, 4) is 5.88 Å². The van der Waals surface area contributed by atoms with Gasteiger partial charge in [-0.1, -0.05) is 0 Å². The standard InChI is InChI=1S/C8H11N5O3.K/c9-8-11-6-5(7(15)12-8)10-3-13(6)4-16-2-1-14;/h3,14H,1-2,4H2,(H3,9,11,12,15);/q;+1/p-1. The molecule has 0 aliphatic rings. The molecule has 3 N–H and O–H groups in total. The van der Waals surface area contributed by atoms with Crippen molar-refractivity contribution in [2.24, 2.45) is 0 Å². The monoisotopic (exact) mass is 263 g/mol. The van der Waals surface area contributed by atoms with Gasteiger partial charge in [-0.25, -0.2) is 9.97 Å². The molecule has 0 spiro atoms. The predicted octanol–water partition coefficient (Wildman–Crippen LogP) is -4.55. The van der Waals surface area contributed by atoms with E-state index in [-0.39, 0.29) is 82.8 Å². The van der Waals surface area contributed by atoms with Crippen molar-refractivity contribution in [1.82, 2.24) is 19.5 Å². The zero-order chi connectivity index (χ0) is 11.5. The fraction of sp³-hybridized carbons (Fsp3) is 0.375. The van der Waals surface area contributed by atoms with Crippen LogP contribution in [0, 0.1) is 0 Å². The molecule has 0 saturated carbocycles. The second kappa shape index (κ2) is 6.59. The topological polar surface area (TPSA) is 122 Å². The third-order valence-corrected chi connectivity index (χ3v) is 1.92. The zero-order valence-corrected chi connectivity index (χ0v) is 12.5. The molecule has 2 rings (SSSR count). The van der Waals surface area contributed by atoms with Crippen LogP contribution in [-0.4, -0.2) is 37.8 Å². The fourth-order valence-electron chi connectivity index (χ4n) is 1.26. The molecule has 2 aromatic rings. The number of rotatable bonds is 4. The van der Waals surface area contributed by atoms with Crippen LogP contribution in [-0.2, 0) is 11.5 Å². The van der Waals surface area contributed by atoms with Gasteiger partial charge in [-0.15, -0.1) is 0 Å². The summed E-state index contributed by atoms with van der Waals surface area (Å²) in [6, 6.07) is 0. The number of nitrogen functional groups attached to an aromatic ring is 1. The Morgan fingerprint density at radius 1 is 1.47 bits per heavy atom. The Morgan fingerprint density at radius 2 is 2.24 bits per heavy atom. The molecule has 0 aromatic carbocycles. The van der Waals surface area contributed by atoms with Gasteiger partial charge in [0.2, 0.25) is 5.95 Å². The molecule has 0 aliphatic heterocycles. The summed E-state index contributed by atoms with van der Waals surface area (Å²) in [6.45, 7) is 0.272. The molecule has 0 atom stereocenters. The molecule has 0 radical (unpaired) electrons. The third kappa shape index (κ3) is 3.34. The van der Waals surface area contributed by atoms with E-state index in [0.717, 1.165) is 0 Å². The van der Waals surface area contributed by atoms with Gasteiger partial charge in [-0.3, -0.25) is 4.57 Å². The van der Waals surface area contributed by atoms with Gasteiger partial charge >= 0.3 is 51.4 Å². The van der Waals surface area contributed by atoms with Crippen LogP contribution < -0.4 is 62.2 Å². The zero-order valence-electron chi connectivity index (χ0n) is 9.33. The van der Waals surface area contributed by atoms with Crippen molar-refractivity contribution in [3.63, 3.8) is 0 Å². The van der Waals surface area contributed by atoms with Crippen molar-refractivity contribution in [2.45, 2.75) is 6.73 Å². The Balaban J connectivity index is 0.00000144. The molecule has 0 aliphatic carbocycles. The van der Waals surface area contributed by atoms with E-state index < -0.39 is 5.88 Å². The van der Waals surface area contributed by atoms with Crippen LogP contribution in [0.3, 0.4) is 0 Å². The Kier molecular flexibility index (Phi) is 5.72. The summed E-state index contributed by atoms with van der Waals surface area (Å²) in [4.78, 5) is 11.2. The van der Waals surface area contributed by atoms with Crippen molar-refractivity contribution in [2.75, 3.05) is 18.9 Å². The SMILES string of the molecule is Nc1nc([O-])c2ncn(COCCO)c2n1.[K+]. The molecule has 0 amide bonds. The van der Waals surface area contributed by atoms with Crippen LogP contribution in [0.25, 0.3) is 11.2 Å². The van der Waals surface area contributed by atoms with E-state index >= 15 is 0 Å². The quantitative estimate of drug-likeness (QED) is 0.420. The van der Waals surface area contributed by atoms with Crippen LogP contribution >= 0.6 is 0 Å². The molecule has 17 heavy (non-hydrogen) atoms. The first kappa shape index (κ1) is 14.8. The molecular formula is C8H10KN5O3. The Morgan fingerprint density at radius 3 is 2.94 bits per heavy atom. The number of anilines is 1. The number of hydrogen-bond acceptors (Lipinski definition) is 7. The second-order valence-corrected chi connectivity index (χ2v) is 3.03. The predicted molar refractivity (Wildman–Crippen MR) is 52.2 cm³/mol. The smallest absolute Gasteiger partial charge is 0.857 e. The van der Waals surface area contributed by atoms with E-state index in [2.05, 4.69) is 15.0 Å². The minimum atomic E-state index is -0.511. The number of fused-ring (bicyclic) bond motifs is 1. The molecular weight excluding hydrogens is 253 g/mol. The van der Waals surface area contributed by atoms with Gasteiger partial charge in [0.1, 0.15) is 12.2 Å². The average molecular weight is 263 g/mol. The fourth-order valence-corrected chi connectivity index (χ4v) is 1.26. The molecule has 8 nitrogen and oxygen atoms in total. The van der Waals surface area contributed by atoms with Crippen molar-refractivity contribution in [3.05, 3.63) is 6.33 Å². The van der Waals surface area contributed by atoms with Gasteiger partial charge in [0.25, 0.3) is 0 Å². The van der Waals surface area contributed by atoms with E-state index in [9.17, 15) is 5.11 Å². The van der Waals surface area contributed by atoms with Gasteiger partial charge in [0, 0.05) is 5.88 Å². The summed E-state index contributed by atoms with van der Waals surface area (Å²) >= 11 is 0. The van der Waals surface area contributed by atoms with Gasteiger partial charge in [-0.2, -0.15) is 4.98 Å². The van der Waals surface area contributed by atoms with Gasteiger partial charge in [0.05, 0.1) is 19.5 Å². The molecule has 2 heterocycles. The number of nitrogens with zero attached hydrogens (tertiary/aromatic N) is 4. The first-order valence-electron chi connectivity index (χ1n) is 4.56. The van der Waals surface area contributed by atoms with Crippen molar-refractivity contribution >= 4 is 17.1 Å². The van der Waals surface area contributed by atoms with Gasteiger partial charge in [-0.05, 0) is 0 Å². The largest absolute Gasteiger partial charge is 1.00 e. The summed E-state index contributed by atoms with van der Waals surface area (Å²) < 4.78 is 6.60. The first-order chi connectivity index (χ1) is 7.72. The molecule has 86 valence electrons. The second-order valence-electron chi connectivity index (χ2n) is 3.03. The number of aromatic nitrogens is 4. The molecule has 0 saturated heterocycles. The Hall–Kier alpha value is -0.294. The molecule has 9 heteroatoms. The molecule has 2 aromatic heterocycles. The molecule has 0 fully saturated rings. The normalized spacial score (nSPS) is 10.4. The van der Waals surface area contributed by atoms with E-state index in [1.807, 2.05) is 0 Å². The van der Waals surface area contributed by atoms with Crippen LogP contribution in [0.1, 0.15) is 0 Å². The van der Waals surface area contributed by atoms with Crippen molar-refractivity contribution < 1.29 is 66.3 Å². The van der Waals surface area contributed by atoms with Crippen molar-refractivity contribution in [1.29, 1.82) is 0 Å². The Labute approximate surface area is 139 Å².